The van der Waals surface area contributed by atoms with Crippen LogP contribution in [0.2, 0.25) is 5.28 Å². The summed E-state index contributed by atoms with van der Waals surface area (Å²) < 4.78 is 38.2. The maximum Gasteiger partial charge on any atom is 0.433 e. The summed E-state index contributed by atoms with van der Waals surface area (Å²) in [6, 6.07) is 0.970. The lowest BCUT2D eigenvalue weighted by Crippen LogP contribution is -2.37. The minimum Gasteiger partial charge on any atom is -0.356 e. The van der Waals surface area contributed by atoms with Gasteiger partial charge >= 0.3 is 6.18 Å². The number of hydrogen-bond acceptors (Lipinski definition) is 4. The predicted octanol–water partition coefficient (Wildman–Crippen LogP) is 2.93. The Labute approximate surface area is 126 Å². The molecule has 1 aliphatic heterocycles. The molecule has 0 aromatic carbocycles. The maximum absolute atomic E-state index is 12.7. The van der Waals surface area contributed by atoms with Gasteiger partial charge in [0.15, 0.2) is 5.69 Å². The highest BCUT2D eigenvalue weighted by Crippen LogP contribution is 2.31. The van der Waals surface area contributed by atoms with Crippen LogP contribution >= 0.6 is 11.6 Å². The fourth-order valence-electron chi connectivity index (χ4n) is 2.57. The van der Waals surface area contributed by atoms with Crippen molar-refractivity contribution in [2.75, 3.05) is 38.6 Å². The average molecular weight is 323 g/mol. The Morgan fingerprint density at radius 1 is 1.29 bits per heavy atom. The molecule has 0 bridgehead atoms. The van der Waals surface area contributed by atoms with Crippen molar-refractivity contribution < 1.29 is 13.2 Å². The van der Waals surface area contributed by atoms with Gasteiger partial charge in [-0.3, -0.25) is 0 Å². The Morgan fingerprint density at radius 2 is 1.90 bits per heavy atom. The van der Waals surface area contributed by atoms with Gasteiger partial charge in [0, 0.05) is 25.7 Å². The molecular formula is C13H18ClF3N4. The van der Waals surface area contributed by atoms with E-state index in [-0.39, 0.29) is 11.1 Å². The summed E-state index contributed by atoms with van der Waals surface area (Å²) in [5, 5.41) is -0.366. The van der Waals surface area contributed by atoms with E-state index in [1.165, 1.54) is 0 Å². The van der Waals surface area contributed by atoms with E-state index in [1.807, 2.05) is 19.0 Å². The lowest BCUT2D eigenvalue weighted by atomic mass is 9.96. The summed E-state index contributed by atoms with van der Waals surface area (Å²) in [6.07, 6.45) is -2.65. The molecule has 0 N–H and O–H groups in total. The van der Waals surface area contributed by atoms with Crippen LogP contribution in [-0.2, 0) is 6.18 Å². The molecule has 1 saturated heterocycles. The molecule has 0 spiro atoms. The van der Waals surface area contributed by atoms with Gasteiger partial charge in [-0.1, -0.05) is 0 Å². The van der Waals surface area contributed by atoms with Crippen molar-refractivity contribution in [3.05, 3.63) is 17.0 Å². The minimum absolute atomic E-state index is 0.255. The predicted molar refractivity (Wildman–Crippen MR) is 75.5 cm³/mol. The summed E-state index contributed by atoms with van der Waals surface area (Å²) in [6.45, 7) is 2.36. The third-order valence-corrected chi connectivity index (χ3v) is 3.71. The van der Waals surface area contributed by atoms with Crippen molar-refractivity contribution in [2.24, 2.45) is 5.92 Å². The molecule has 0 unspecified atom stereocenters. The minimum atomic E-state index is -4.51. The maximum atomic E-state index is 12.7. The summed E-state index contributed by atoms with van der Waals surface area (Å²) in [7, 11) is 4.04. The highest BCUT2D eigenvalue weighted by atomic mass is 35.5. The standard InChI is InChI=1S/C13H18ClF3N4/c1-20(2)8-9-3-5-21(6-4-9)11-7-10(13(15,16)17)18-12(14)19-11/h7,9H,3-6,8H2,1-2H3. The van der Waals surface area contributed by atoms with Crippen LogP contribution < -0.4 is 4.90 Å². The zero-order valence-corrected chi connectivity index (χ0v) is 12.7. The van der Waals surface area contributed by atoms with Crippen LogP contribution in [0.4, 0.5) is 19.0 Å². The third kappa shape index (κ3) is 4.44. The lowest BCUT2D eigenvalue weighted by Gasteiger charge is -2.34. The van der Waals surface area contributed by atoms with Crippen molar-refractivity contribution in [1.82, 2.24) is 14.9 Å². The topological polar surface area (TPSA) is 32.3 Å². The molecule has 0 aliphatic carbocycles. The van der Waals surface area contributed by atoms with E-state index in [2.05, 4.69) is 14.9 Å². The van der Waals surface area contributed by atoms with Gasteiger partial charge in [-0.05, 0) is 44.5 Å². The molecule has 21 heavy (non-hydrogen) atoms. The van der Waals surface area contributed by atoms with Gasteiger partial charge in [0.2, 0.25) is 5.28 Å². The van der Waals surface area contributed by atoms with E-state index in [1.54, 1.807) is 0 Å². The Balaban J connectivity index is 2.08. The molecule has 0 amide bonds. The molecule has 0 saturated carbocycles. The second-order valence-corrected chi connectivity index (χ2v) is 5.91. The number of aromatic nitrogens is 2. The summed E-state index contributed by atoms with van der Waals surface area (Å²) in [4.78, 5) is 11.1. The molecule has 1 aromatic rings. The fourth-order valence-corrected chi connectivity index (χ4v) is 2.75. The molecule has 1 fully saturated rings. The number of alkyl halides is 3. The number of piperidine rings is 1. The van der Waals surface area contributed by atoms with Crippen molar-refractivity contribution in [3.63, 3.8) is 0 Å². The zero-order chi connectivity index (χ0) is 15.6. The number of anilines is 1. The van der Waals surface area contributed by atoms with Gasteiger partial charge in [0.05, 0.1) is 0 Å². The van der Waals surface area contributed by atoms with E-state index in [0.29, 0.717) is 19.0 Å². The fraction of sp³-hybridized carbons (Fsp3) is 0.692. The van der Waals surface area contributed by atoms with Crippen LogP contribution in [0.5, 0.6) is 0 Å². The Bertz CT molecular complexity index is 485. The number of hydrogen-bond donors (Lipinski definition) is 0. The van der Waals surface area contributed by atoms with Gasteiger partial charge in [0.1, 0.15) is 5.82 Å². The molecule has 0 radical (unpaired) electrons. The second-order valence-electron chi connectivity index (χ2n) is 5.57. The van der Waals surface area contributed by atoms with Gasteiger partial charge < -0.3 is 9.80 Å². The monoisotopic (exact) mass is 322 g/mol. The highest BCUT2D eigenvalue weighted by molar-refractivity contribution is 6.28. The van der Waals surface area contributed by atoms with Crippen LogP contribution in [0.3, 0.4) is 0 Å². The van der Waals surface area contributed by atoms with E-state index in [4.69, 9.17) is 11.6 Å². The van der Waals surface area contributed by atoms with Gasteiger partial charge in [-0.25, -0.2) is 9.97 Å². The van der Waals surface area contributed by atoms with E-state index in [9.17, 15) is 13.2 Å². The van der Waals surface area contributed by atoms with Crippen LogP contribution in [0.15, 0.2) is 6.07 Å². The van der Waals surface area contributed by atoms with E-state index in [0.717, 1.165) is 25.5 Å². The number of halogens is 4. The molecule has 8 heteroatoms. The molecule has 2 rings (SSSR count). The molecular weight excluding hydrogens is 305 g/mol. The van der Waals surface area contributed by atoms with Crippen molar-refractivity contribution in [3.8, 4) is 0 Å². The smallest absolute Gasteiger partial charge is 0.356 e. The van der Waals surface area contributed by atoms with Crippen LogP contribution in [0, 0.1) is 5.92 Å². The average Bonchev–Trinajstić information content (AvgIpc) is 2.37. The van der Waals surface area contributed by atoms with Gasteiger partial charge in [0.25, 0.3) is 0 Å². The molecule has 118 valence electrons. The quantitative estimate of drug-likeness (QED) is 0.801. The van der Waals surface area contributed by atoms with E-state index >= 15 is 0 Å². The SMILES string of the molecule is CN(C)CC1CCN(c2cc(C(F)(F)F)nc(Cl)n2)CC1. The summed E-state index contributed by atoms with van der Waals surface area (Å²) in [5.41, 5.74) is -0.993. The van der Waals surface area contributed by atoms with Gasteiger partial charge in [-0.2, -0.15) is 13.2 Å². The lowest BCUT2D eigenvalue weighted by molar-refractivity contribution is -0.141. The number of nitrogens with zero attached hydrogens (tertiary/aromatic N) is 4. The summed E-state index contributed by atoms with van der Waals surface area (Å²) >= 11 is 5.62. The van der Waals surface area contributed by atoms with Crippen LogP contribution in [-0.4, -0.2) is 48.6 Å². The van der Waals surface area contributed by atoms with Crippen molar-refractivity contribution >= 4 is 17.4 Å². The normalized spacial score (nSPS) is 17.6. The largest absolute Gasteiger partial charge is 0.433 e. The molecule has 2 heterocycles. The zero-order valence-electron chi connectivity index (χ0n) is 12.0. The van der Waals surface area contributed by atoms with Crippen LogP contribution in [0.25, 0.3) is 0 Å². The highest BCUT2D eigenvalue weighted by Gasteiger charge is 2.34. The first kappa shape index (κ1) is 16.3. The van der Waals surface area contributed by atoms with E-state index < -0.39 is 11.9 Å². The second kappa shape index (κ2) is 6.36. The molecule has 1 aliphatic rings. The Kier molecular flexibility index (Phi) is 4.93. The molecule has 0 atom stereocenters. The van der Waals surface area contributed by atoms with Crippen molar-refractivity contribution in [1.29, 1.82) is 0 Å². The number of rotatable bonds is 3. The summed E-state index contributed by atoms with van der Waals surface area (Å²) in [5.74, 6) is 0.821. The molecule has 4 nitrogen and oxygen atoms in total. The first-order valence-electron chi connectivity index (χ1n) is 6.77. The molecule has 1 aromatic heterocycles. The first-order valence-corrected chi connectivity index (χ1v) is 7.15. The van der Waals surface area contributed by atoms with Crippen LogP contribution in [0.1, 0.15) is 18.5 Å². The Morgan fingerprint density at radius 3 is 2.43 bits per heavy atom. The van der Waals surface area contributed by atoms with Gasteiger partial charge in [-0.15, -0.1) is 0 Å². The third-order valence-electron chi connectivity index (χ3n) is 3.54. The Hall–Kier alpha value is -1.08. The van der Waals surface area contributed by atoms with Crippen molar-refractivity contribution in [2.45, 2.75) is 19.0 Å². The first-order chi connectivity index (χ1) is 9.75.